The minimum absolute atomic E-state index is 0.199. The van der Waals surface area contributed by atoms with Gasteiger partial charge in [-0.25, -0.2) is 14.8 Å². The van der Waals surface area contributed by atoms with Gasteiger partial charge in [-0.2, -0.15) is 0 Å². The maximum absolute atomic E-state index is 10.6. The van der Waals surface area contributed by atoms with Crippen molar-refractivity contribution < 1.29 is 25.1 Å². The van der Waals surface area contributed by atoms with Gasteiger partial charge in [-0.15, -0.1) is 5.75 Å². The van der Waals surface area contributed by atoms with Crippen LogP contribution in [-0.4, -0.2) is 21.2 Å². The Morgan fingerprint density at radius 1 is 1.20 bits per heavy atom. The fourth-order valence-electron chi connectivity index (χ4n) is 1.63. The summed E-state index contributed by atoms with van der Waals surface area (Å²) in [7, 11) is 0. The van der Waals surface area contributed by atoms with Crippen LogP contribution in [0.1, 0.15) is 10.4 Å². The third kappa shape index (κ3) is 3.26. The van der Waals surface area contributed by atoms with Gasteiger partial charge in [0.2, 0.25) is 6.33 Å². The van der Waals surface area contributed by atoms with Crippen molar-refractivity contribution >= 4 is 17.0 Å². The molecule has 0 unspecified atom stereocenters. The number of imidazole rings is 1. The molecule has 0 aliphatic rings. The monoisotopic (exact) mass is 272 g/mol. The number of fused-ring (bicyclic) bond motifs is 1. The van der Waals surface area contributed by atoms with Crippen molar-refractivity contribution in [3.05, 3.63) is 54.4 Å². The SMILES string of the molecule is O=C(O)c1cc([O-])cc(O)c1.c1ccc2[nH+]c[nH]c2c1. The molecule has 2 aromatic carbocycles. The van der Waals surface area contributed by atoms with Crippen molar-refractivity contribution in [3.63, 3.8) is 0 Å². The normalized spacial score (nSPS) is 9.80. The van der Waals surface area contributed by atoms with Crippen LogP contribution in [0.4, 0.5) is 0 Å². The molecule has 102 valence electrons. The predicted octanol–water partition coefficient (Wildman–Crippen LogP) is 1.15. The molecule has 0 bridgehead atoms. The Labute approximate surface area is 114 Å². The molecule has 1 heterocycles. The summed E-state index contributed by atoms with van der Waals surface area (Å²) in [5.74, 6) is -2.06. The minimum atomic E-state index is -1.22. The quantitative estimate of drug-likeness (QED) is 0.617. The summed E-state index contributed by atoms with van der Waals surface area (Å²) in [6.07, 6.45) is 1.82. The second-order valence-electron chi connectivity index (χ2n) is 4.00. The first-order chi connectivity index (χ1) is 9.56. The Bertz CT molecular complexity index is 686. The van der Waals surface area contributed by atoms with Gasteiger partial charge < -0.3 is 15.3 Å². The average molecular weight is 272 g/mol. The lowest BCUT2D eigenvalue weighted by Crippen LogP contribution is -1.98. The third-order valence-corrected chi connectivity index (χ3v) is 2.52. The molecule has 0 atom stereocenters. The van der Waals surface area contributed by atoms with E-state index in [0.717, 1.165) is 29.2 Å². The molecule has 0 saturated carbocycles. The van der Waals surface area contributed by atoms with E-state index in [0.29, 0.717) is 0 Å². The Morgan fingerprint density at radius 3 is 2.60 bits per heavy atom. The minimum Gasteiger partial charge on any atom is -0.872 e. The molecule has 0 aliphatic heterocycles. The molecule has 0 saturated heterocycles. The predicted molar refractivity (Wildman–Crippen MR) is 69.4 cm³/mol. The average Bonchev–Trinajstić information content (AvgIpc) is 2.86. The van der Waals surface area contributed by atoms with Gasteiger partial charge in [-0.1, -0.05) is 18.2 Å². The number of H-pyrrole nitrogens is 2. The number of nitrogens with one attached hydrogen (secondary N) is 2. The van der Waals surface area contributed by atoms with Crippen molar-refractivity contribution in [2.75, 3.05) is 0 Å². The lowest BCUT2D eigenvalue weighted by molar-refractivity contribution is -0.344. The van der Waals surface area contributed by atoms with Crippen LogP contribution in [0.2, 0.25) is 0 Å². The van der Waals surface area contributed by atoms with Crippen molar-refractivity contribution in [1.82, 2.24) is 4.98 Å². The number of hydrogen-bond donors (Lipinski definition) is 3. The van der Waals surface area contributed by atoms with E-state index in [9.17, 15) is 9.90 Å². The number of aromatic hydroxyl groups is 1. The molecule has 3 aromatic rings. The zero-order valence-electron chi connectivity index (χ0n) is 10.3. The third-order valence-electron chi connectivity index (χ3n) is 2.52. The van der Waals surface area contributed by atoms with E-state index in [1.165, 1.54) is 0 Å². The van der Waals surface area contributed by atoms with Crippen molar-refractivity contribution in [2.45, 2.75) is 0 Å². The summed E-state index contributed by atoms with van der Waals surface area (Å²) in [4.78, 5) is 16.4. The van der Waals surface area contributed by atoms with Crippen LogP contribution in [0.3, 0.4) is 0 Å². The van der Waals surface area contributed by atoms with Crippen LogP contribution in [0.15, 0.2) is 48.8 Å². The molecule has 0 spiro atoms. The fraction of sp³-hybridized carbons (Fsp3) is 0. The van der Waals surface area contributed by atoms with Gasteiger partial charge in [0.1, 0.15) is 5.75 Å². The summed E-state index contributed by atoms with van der Waals surface area (Å²) in [5.41, 5.74) is 2.10. The number of phenolic OH excluding ortho intramolecular Hbond substituents is 1. The Morgan fingerprint density at radius 2 is 1.95 bits per heavy atom. The standard InChI is InChI=1S/C7H6N2.C7H6O4/c1-2-4-7-6(3-1)8-5-9-7;8-5-1-4(7(10)11)2-6(9)3-5/h1-5H,(H,8,9);1-3,8-9H,(H,10,11). The number of carboxylic acids is 1. The van der Waals surface area contributed by atoms with Gasteiger partial charge in [0.15, 0.2) is 11.0 Å². The molecular weight excluding hydrogens is 260 g/mol. The number of carbonyl (C=O) groups is 1. The van der Waals surface area contributed by atoms with Crippen LogP contribution >= 0.6 is 0 Å². The molecule has 0 fully saturated rings. The first-order valence-electron chi connectivity index (χ1n) is 5.74. The smallest absolute Gasteiger partial charge is 0.335 e. The number of carboxylic acid groups (broad SMARTS) is 1. The van der Waals surface area contributed by atoms with Gasteiger partial charge in [-0.3, -0.25) is 0 Å². The highest BCUT2D eigenvalue weighted by Crippen LogP contribution is 2.17. The summed E-state index contributed by atoms with van der Waals surface area (Å²) in [6.45, 7) is 0. The molecule has 3 rings (SSSR count). The Kier molecular flexibility index (Phi) is 3.85. The maximum atomic E-state index is 10.6. The van der Waals surface area contributed by atoms with E-state index in [-0.39, 0.29) is 11.3 Å². The molecular formula is C14H12N2O4. The molecule has 0 aliphatic carbocycles. The zero-order chi connectivity index (χ0) is 14.5. The Balaban J connectivity index is 0.000000149. The topological polar surface area (TPSA) is 111 Å². The number of hydrogen-bond acceptors (Lipinski definition) is 3. The van der Waals surface area contributed by atoms with E-state index in [4.69, 9.17) is 10.2 Å². The van der Waals surface area contributed by atoms with E-state index < -0.39 is 11.7 Å². The summed E-state index contributed by atoms with van der Waals surface area (Å²) in [6, 6.07) is 11.0. The van der Waals surface area contributed by atoms with E-state index in [2.05, 4.69) is 9.97 Å². The first kappa shape index (κ1) is 13.4. The number of aromatic carboxylic acids is 1. The molecule has 0 amide bonds. The van der Waals surface area contributed by atoms with Crippen LogP contribution in [-0.2, 0) is 0 Å². The van der Waals surface area contributed by atoms with Crippen molar-refractivity contribution in [3.8, 4) is 11.5 Å². The highest BCUT2D eigenvalue weighted by Gasteiger charge is 2.01. The van der Waals surface area contributed by atoms with Crippen LogP contribution in [0.25, 0.3) is 11.0 Å². The first-order valence-corrected chi connectivity index (χ1v) is 5.74. The fourth-order valence-corrected chi connectivity index (χ4v) is 1.63. The number of benzene rings is 2. The summed E-state index contributed by atoms with van der Waals surface area (Å²) < 4.78 is 0. The molecule has 6 nitrogen and oxygen atoms in total. The van der Waals surface area contributed by atoms with Gasteiger partial charge in [0.25, 0.3) is 0 Å². The number of phenols is 1. The second-order valence-corrected chi connectivity index (χ2v) is 4.00. The van der Waals surface area contributed by atoms with Crippen molar-refractivity contribution in [1.29, 1.82) is 0 Å². The molecule has 4 N–H and O–H groups in total. The van der Waals surface area contributed by atoms with E-state index >= 15 is 0 Å². The Hall–Kier alpha value is -3.02. The molecule has 6 heteroatoms. The van der Waals surface area contributed by atoms with Crippen LogP contribution in [0, 0.1) is 0 Å². The highest BCUT2D eigenvalue weighted by atomic mass is 16.4. The van der Waals surface area contributed by atoms with Crippen molar-refractivity contribution in [2.24, 2.45) is 0 Å². The van der Waals surface area contributed by atoms with Gasteiger partial charge in [0.05, 0.1) is 5.56 Å². The van der Waals surface area contributed by atoms with Gasteiger partial charge >= 0.3 is 5.97 Å². The number of para-hydroxylation sites is 2. The van der Waals surface area contributed by atoms with Crippen LogP contribution < -0.4 is 10.1 Å². The lowest BCUT2D eigenvalue weighted by Gasteiger charge is -2.05. The molecule has 1 aromatic heterocycles. The summed E-state index contributed by atoms with van der Waals surface area (Å²) in [5, 5.41) is 27.8. The van der Waals surface area contributed by atoms with Gasteiger partial charge in [-0.05, 0) is 24.3 Å². The number of rotatable bonds is 1. The maximum Gasteiger partial charge on any atom is 0.335 e. The van der Waals surface area contributed by atoms with E-state index in [1.807, 2.05) is 30.6 Å². The molecule has 0 radical (unpaired) electrons. The molecule has 20 heavy (non-hydrogen) atoms. The van der Waals surface area contributed by atoms with E-state index in [1.54, 1.807) is 0 Å². The zero-order valence-corrected chi connectivity index (χ0v) is 10.3. The highest BCUT2D eigenvalue weighted by molar-refractivity contribution is 5.88. The lowest BCUT2D eigenvalue weighted by atomic mass is 10.2. The number of aromatic nitrogens is 2. The summed E-state index contributed by atoms with van der Waals surface area (Å²) >= 11 is 0. The van der Waals surface area contributed by atoms with Gasteiger partial charge in [0, 0.05) is 0 Å². The second kappa shape index (κ2) is 5.75. The number of aromatic amines is 2. The largest absolute Gasteiger partial charge is 0.872 e. The van der Waals surface area contributed by atoms with Crippen LogP contribution in [0.5, 0.6) is 11.5 Å².